The zero-order valence-electron chi connectivity index (χ0n) is 13.9. The average Bonchev–Trinajstić information content (AvgIpc) is 3.12. The number of para-hydroxylation sites is 2. The van der Waals surface area contributed by atoms with Gasteiger partial charge < -0.3 is 9.47 Å². The van der Waals surface area contributed by atoms with E-state index in [1.807, 2.05) is 24.3 Å². The highest BCUT2D eigenvalue weighted by Crippen LogP contribution is 2.35. The predicted molar refractivity (Wildman–Crippen MR) is 96.0 cm³/mol. The third-order valence-corrected chi connectivity index (χ3v) is 4.29. The molecular weight excluding hydrogens is 356 g/mol. The predicted octanol–water partition coefficient (Wildman–Crippen LogP) is 2.85. The summed E-state index contributed by atoms with van der Waals surface area (Å²) >= 11 is 6.07. The Labute approximate surface area is 154 Å². The molecule has 0 saturated carbocycles. The molecule has 0 unspecified atom stereocenters. The molecule has 2 heterocycles. The Kier molecular flexibility index (Phi) is 4.22. The number of halogens is 1. The summed E-state index contributed by atoms with van der Waals surface area (Å²) in [5.74, 6) is 1.14. The van der Waals surface area contributed by atoms with Crippen LogP contribution in [0, 0.1) is 0 Å². The van der Waals surface area contributed by atoms with Crippen molar-refractivity contribution in [2.24, 2.45) is 0 Å². The number of amides is 1. The van der Waals surface area contributed by atoms with Gasteiger partial charge in [0.15, 0.2) is 6.61 Å². The van der Waals surface area contributed by atoms with Crippen LogP contribution in [0.5, 0.6) is 11.5 Å². The van der Waals surface area contributed by atoms with Crippen LogP contribution in [0.15, 0.2) is 48.7 Å². The number of carbonyl (C=O) groups is 1. The second-order valence-electron chi connectivity index (χ2n) is 5.71. The summed E-state index contributed by atoms with van der Waals surface area (Å²) in [5, 5.41) is 8.86. The van der Waals surface area contributed by atoms with Crippen LogP contribution in [0.1, 0.15) is 5.69 Å². The van der Waals surface area contributed by atoms with Gasteiger partial charge in [0.05, 0.1) is 25.5 Å². The Morgan fingerprint density at radius 2 is 2.08 bits per heavy atom. The van der Waals surface area contributed by atoms with Gasteiger partial charge in [0.1, 0.15) is 22.9 Å². The summed E-state index contributed by atoms with van der Waals surface area (Å²) in [5.41, 5.74) is 2.03. The lowest BCUT2D eigenvalue weighted by atomic mass is 10.2. The molecule has 0 atom stereocenters. The molecule has 26 heavy (non-hydrogen) atoms. The van der Waals surface area contributed by atoms with Gasteiger partial charge in [0.25, 0.3) is 5.91 Å². The van der Waals surface area contributed by atoms with Gasteiger partial charge in [-0.25, -0.2) is 4.68 Å². The van der Waals surface area contributed by atoms with E-state index >= 15 is 0 Å². The maximum atomic E-state index is 12.3. The van der Waals surface area contributed by atoms with E-state index in [0.29, 0.717) is 27.9 Å². The fourth-order valence-electron chi connectivity index (χ4n) is 2.82. The van der Waals surface area contributed by atoms with Crippen molar-refractivity contribution in [3.8, 4) is 17.2 Å². The van der Waals surface area contributed by atoms with Crippen LogP contribution in [0.25, 0.3) is 5.69 Å². The Bertz CT molecular complexity index is 973. The summed E-state index contributed by atoms with van der Waals surface area (Å²) in [7, 11) is 1.60. The molecule has 1 amide bonds. The van der Waals surface area contributed by atoms with Crippen molar-refractivity contribution in [2.45, 2.75) is 6.54 Å². The minimum absolute atomic E-state index is 0.0186. The molecule has 1 aliphatic rings. The summed E-state index contributed by atoms with van der Waals surface area (Å²) < 4.78 is 12.4. The van der Waals surface area contributed by atoms with Crippen LogP contribution in [0.2, 0.25) is 5.02 Å². The van der Waals surface area contributed by atoms with E-state index in [1.165, 1.54) is 0 Å². The third-order valence-electron chi connectivity index (χ3n) is 4.06. The summed E-state index contributed by atoms with van der Waals surface area (Å²) in [4.78, 5) is 13.9. The third kappa shape index (κ3) is 2.97. The van der Waals surface area contributed by atoms with Gasteiger partial charge >= 0.3 is 0 Å². The van der Waals surface area contributed by atoms with Gasteiger partial charge in [-0.2, -0.15) is 0 Å². The first-order valence-electron chi connectivity index (χ1n) is 7.93. The fourth-order valence-corrected chi connectivity index (χ4v) is 2.98. The van der Waals surface area contributed by atoms with Crippen molar-refractivity contribution in [1.82, 2.24) is 15.0 Å². The highest BCUT2D eigenvalue weighted by Gasteiger charge is 2.26. The van der Waals surface area contributed by atoms with Crippen molar-refractivity contribution in [2.75, 3.05) is 18.6 Å². The number of carbonyl (C=O) groups excluding carboxylic acids is 1. The molecule has 7 nitrogen and oxygen atoms in total. The zero-order valence-corrected chi connectivity index (χ0v) is 14.7. The van der Waals surface area contributed by atoms with Crippen molar-refractivity contribution in [3.05, 3.63) is 59.4 Å². The lowest BCUT2D eigenvalue weighted by molar-refractivity contribution is -0.121. The van der Waals surface area contributed by atoms with Crippen LogP contribution in [-0.2, 0) is 11.3 Å². The topological polar surface area (TPSA) is 69.5 Å². The molecule has 0 spiro atoms. The van der Waals surface area contributed by atoms with Gasteiger partial charge in [-0.1, -0.05) is 28.9 Å². The highest BCUT2D eigenvalue weighted by molar-refractivity contribution is 6.31. The maximum Gasteiger partial charge on any atom is 0.265 e. The zero-order chi connectivity index (χ0) is 18.1. The largest absolute Gasteiger partial charge is 0.494 e. The van der Waals surface area contributed by atoms with Gasteiger partial charge in [-0.15, -0.1) is 5.10 Å². The molecule has 3 aromatic rings. The minimum atomic E-state index is -0.161. The SMILES string of the molecule is COc1ccccc1-n1cc(CN2C(=O)COc3ccc(Cl)cc32)nn1. The van der Waals surface area contributed by atoms with Crippen molar-refractivity contribution < 1.29 is 14.3 Å². The van der Waals surface area contributed by atoms with E-state index in [-0.39, 0.29) is 19.1 Å². The Morgan fingerprint density at radius 3 is 2.92 bits per heavy atom. The molecule has 8 heteroatoms. The van der Waals surface area contributed by atoms with Crippen molar-refractivity contribution >= 4 is 23.2 Å². The number of benzene rings is 2. The van der Waals surface area contributed by atoms with E-state index in [4.69, 9.17) is 21.1 Å². The normalized spacial score (nSPS) is 13.3. The number of fused-ring (bicyclic) bond motifs is 1. The van der Waals surface area contributed by atoms with Gasteiger partial charge in [0.2, 0.25) is 0 Å². The first kappa shape index (κ1) is 16.4. The fraction of sp³-hybridized carbons (Fsp3) is 0.167. The quantitative estimate of drug-likeness (QED) is 0.706. The molecular formula is C18H15ClN4O3. The van der Waals surface area contributed by atoms with Crippen molar-refractivity contribution in [3.63, 3.8) is 0 Å². The monoisotopic (exact) mass is 370 g/mol. The number of ether oxygens (including phenoxy) is 2. The lowest BCUT2D eigenvalue weighted by Crippen LogP contribution is -2.38. The van der Waals surface area contributed by atoms with Gasteiger partial charge in [-0.3, -0.25) is 9.69 Å². The van der Waals surface area contributed by atoms with Crippen LogP contribution >= 0.6 is 11.6 Å². The van der Waals surface area contributed by atoms with Gasteiger partial charge in [-0.05, 0) is 30.3 Å². The molecule has 0 bridgehead atoms. The Balaban J connectivity index is 1.64. The standard InChI is InChI=1S/C18H15ClN4O3/c1-25-16-5-3-2-4-14(16)23-10-13(20-21-23)9-22-15-8-12(19)6-7-17(15)26-11-18(22)24/h2-8,10H,9,11H2,1H3. The summed E-state index contributed by atoms with van der Waals surface area (Å²) in [6.07, 6.45) is 1.77. The summed E-state index contributed by atoms with van der Waals surface area (Å²) in [6, 6.07) is 12.7. The number of hydrogen-bond acceptors (Lipinski definition) is 5. The highest BCUT2D eigenvalue weighted by atomic mass is 35.5. The minimum Gasteiger partial charge on any atom is -0.494 e. The molecule has 0 N–H and O–H groups in total. The molecule has 1 aromatic heterocycles. The van der Waals surface area contributed by atoms with E-state index < -0.39 is 0 Å². The Morgan fingerprint density at radius 1 is 1.23 bits per heavy atom. The van der Waals surface area contributed by atoms with Crippen LogP contribution in [0.3, 0.4) is 0 Å². The van der Waals surface area contributed by atoms with Crippen LogP contribution in [-0.4, -0.2) is 34.6 Å². The maximum absolute atomic E-state index is 12.3. The molecule has 0 aliphatic carbocycles. The van der Waals surface area contributed by atoms with Crippen LogP contribution < -0.4 is 14.4 Å². The van der Waals surface area contributed by atoms with E-state index in [0.717, 1.165) is 5.69 Å². The molecule has 132 valence electrons. The van der Waals surface area contributed by atoms with Gasteiger partial charge in [0, 0.05) is 5.02 Å². The smallest absolute Gasteiger partial charge is 0.265 e. The first-order valence-corrected chi connectivity index (χ1v) is 8.31. The Hall–Kier alpha value is -3.06. The molecule has 4 rings (SSSR count). The van der Waals surface area contributed by atoms with E-state index in [1.54, 1.807) is 41.1 Å². The summed E-state index contributed by atoms with van der Waals surface area (Å²) in [6.45, 7) is 0.250. The molecule has 1 aliphatic heterocycles. The lowest BCUT2D eigenvalue weighted by Gasteiger charge is -2.28. The second-order valence-corrected chi connectivity index (χ2v) is 6.14. The number of hydrogen-bond donors (Lipinski definition) is 0. The average molecular weight is 371 g/mol. The molecule has 0 saturated heterocycles. The first-order chi connectivity index (χ1) is 12.7. The molecule has 0 fully saturated rings. The van der Waals surface area contributed by atoms with E-state index in [2.05, 4.69) is 10.3 Å². The second kappa shape index (κ2) is 6.68. The number of aromatic nitrogens is 3. The molecule has 2 aromatic carbocycles. The van der Waals surface area contributed by atoms with E-state index in [9.17, 15) is 4.79 Å². The number of rotatable bonds is 4. The van der Waals surface area contributed by atoms with Crippen LogP contribution in [0.4, 0.5) is 5.69 Å². The van der Waals surface area contributed by atoms with Crippen molar-refractivity contribution in [1.29, 1.82) is 0 Å². The number of methoxy groups -OCH3 is 1. The number of nitrogens with zero attached hydrogens (tertiary/aromatic N) is 4. The molecule has 0 radical (unpaired) electrons. The number of anilines is 1.